The molecule has 7 nitrogen and oxygen atoms in total. The van der Waals surface area contributed by atoms with Gasteiger partial charge >= 0.3 is 0 Å². The molecule has 3 aromatic rings. The van der Waals surface area contributed by atoms with E-state index in [0.717, 1.165) is 0 Å². The van der Waals surface area contributed by atoms with Crippen LogP contribution in [0.4, 0.5) is 11.4 Å². The van der Waals surface area contributed by atoms with Crippen molar-refractivity contribution >= 4 is 38.9 Å². The summed E-state index contributed by atoms with van der Waals surface area (Å²) in [5.74, 6) is 0.700. The molecule has 0 aromatic heterocycles. The molecule has 0 radical (unpaired) electrons. The summed E-state index contributed by atoms with van der Waals surface area (Å²) in [6, 6.07) is 17.0. The molecule has 3 aromatic carbocycles. The Balaban J connectivity index is 1.69. The molecule has 0 spiro atoms. The van der Waals surface area contributed by atoms with Gasteiger partial charge in [-0.3, -0.25) is 9.52 Å². The second-order valence-corrected chi connectivity index (χ2v) is 8.25. The van der Waals surface area contributed by atoms with Crippen LogP contribution in [0.3, 0.4) is 0 Å². The van der Waals surface area contributed by atoms with E-state index in [1.54, 1.807) is 30.3 Å². The lowest BCUT2D eigenvalue weighted by Gasteiger charge is -2.10. The number of carbonyl (C=O) groups is 1. The van der Waals surface area contributed by atoms with Gasteiger partial charge in [-0.25, -0.2) is 8.42 Å². The highest BCUT2D eigenvalue weighted by Gasteiger charge is 2.15. The zero-order valence-corrected chi connectivity index (χ0v) is 17.8. The van der Waals surface area contributed by atoms with Crippen molar-refractivity contribution in [1.29, 1.82) is 0 Å². The third-order valence-corrected chi connectivity index (χ3v) is 5.87. The number of nitrogens with one attached hydrogen (secondary N) is 2. The molecule has 3 rings (SSSR count). The smallest absolute Gasteiger partial charge is 0.261 e. The Morgan fingerprint density at radius 2 is 1.50 bits per heavy atom. The van der Waals surface area contributed by atoms with Crippen molar-refractivity contribution in [3.8, 4) is 11.5 Å². The van der Waals surface area contributed by atoms with Crippen LogP contribution in [0.1, 0.15) is 10.4 Å². The van der Waals surface area contributed by atoms with Crippen molar-refractivity contribution < 1.29 is 22.7 Å². The van der Waals surface area contributed by atoms with E-state index in [2.05, 4.69) is 10.0 Å². The molecule has 9 heteroatoms. The van der Waals surface area contributed by atoms with Crippen molar-refractivity contribution in [3.05, 3.63) is 77.3 Å². The first-order valence-electron chi connectivity index (χ1n) is 8.74. The molecular weight excluding hydrogens is 428 g/mol. The number of anilines is 2. The maximum Gasteiger partial charge on any atom is 0.261 e. The SMILES string of the molecule is COc1ccc(S(=O)(=O)Nc2ccc(C(=O)Nc3ccc(OC)c(Cl)c3)cc2)cc1. The van der Waals surface area contributed by atoms with Gasteiger partial charge in [-0.15, -0.1) is 0 Å². The molecule has 0 aliphatic heterocycles. The molecule has 0 unspecified atom stereocenters. The van der Waals surface area contributed by atoms with Gasteiger partial charge in [0.15, 0.2) is 0 Å². The monoisotopic (exact) mass is 446 g/mol. The van der Waals surface area contributed by atoms with Crippen LogP contribution in [-0.4, -0.2) is 28.5 Å². The van der Waals surface area contributed by atoms with E-state index in [9.17, 15) is 13.2 Å². The van der Waals surface area contributed by atoms with E-state index in [-0.39, 0.29) is 10.8 Å². The Morgan fingerprint density at radius 3 is 2.07 bits per heavy atom. The van der Waals surface area contributed by atoms with Crippen molar-refractivity contribution in [2.24, 2.45) is 0 Å². The van der Waals surface area contributed by atoms with Crippen LogP contribution in [0.15, 0.2) is 71.6 Å². The van der Waals surface area contributed by atoms with Crippen LogP contribution >= 0.6 is 11.6 Å². The number of amides is 1. The predicted molar refractivity (Wildman–Crippen MR) is 116 cm³/mol. The lowest BCUT2D eigenvalue weighted by atomic mass is 10.2. The van der Waals surface area contributed by atoms with Crippen LogP contribution in [0.2, 0.25) is 5.02 Å². The molecule has 0 atom stereocenters. The fourth-order valence-electron chi connectivity index (χ4n) is 2.61. The second-order valence-electron chi connectivity index (χ2n) is 6.16. The summed E-state index contributed by atoms with van der Waals surface area (Å²) in [6.07, 6.45) is 0. The second kappa shape index (κ2) is 9.06. The molecule has 156 valence electrons. The van der Waals surface area contributed by atoms with Crippen LogP contribution in [-0.2, 0) is 10.0 Å². The largest absolute Gasteiger partial charge is 0.497 e. The summed E-state index contributed by atoms with van der Waals surface area (Å²) in [5.41, 5.74) is 1.19. The van der Waals surface area contributed by atoms with Gasteiger partial charge in [0.05, 0.1) is 24.1 Å². The first kappa shape index (κ1) is 21.5. The molecule has 1 amide bonds. The summed E-state index contributed by atoms with van der Waals surface area (Å²) in [4.78, 5) is 12.5. The van der Waals surface area contributed by atoms with Gasteiger partial charge in [-0.2, -0.15) is 0 Å². The van der Waals surface area contributed by atoms with Crippen molar-refractivity contribution in [2.45, 2.75) is 4.90 Å². The Hall–Kier alpha value is -3.23. The molecule has 0 fully saturated rings. The molecule has 0 bridgehead atoms. The summed E-state index contributed by atoms with van der Waals surface area (Å²) < 4.78 is 37.6. The van der Waals surface area contributed by atoms with Crippen LogP contribution < -0.4 is 19.5 Å². The van der Waals surface area contributed by atoms with Gasteiger partial charge < -0.3 is 14.8 Å². The summed E-state index contributed by atoms with van der Waals surface area (Å²) in [5, 5.41) is 3.10. The summed E-state index contributed by atoms with van der Waals surface area (Å²) >= 11 is 6.06. The molecule has 0 saturated carbocycles. The highest BCUT2D eigenvalue weighted by Crippen LogP contribution is 2.27. The maximum atomic E-state index is 12.5. The number of carbonyl (C=O) groups excluding carboxylic acids is 1. The molecule has 2 N–H and O–H groups in total. The zero-order chi connectivity index (χ0) is 21.7. The van der Waals surface area contributed by atoms with Crippen molar-refractivity contribution in [1.82, 2.24) is 0 Å². The molecule has 30 heavy (non-hydrogen) atoms. The number of sulfonamides is 1. The number of halogens is 1. The zero-order valence-electron chi connectivity index (χ0n) is 16.2. The Morgan fingerprint density at radius 1 is 0.867 bits per heavy atom. The van der Waals surface area contributed by atoms with Crippen LogP contribution in [0.5, 0.6) is 11.5 Å². The van der Waals surface area contributed by atoms with Gasteiger partial charge in [0.1, 0.15) is 11.5 Å². The number of hydrogen-bond donors (Lipinski definition) is 2. The lowest BCUT2D eigenvalue weighted by Crippen LogP contribution is -2.14. The fourth-order valence-corrected chi connectivity index (χ4v) is 3.92. The van der Waals surface area contributed by atoms with Gasteiger partial charge in [-0.1, -0.05) is 11.6 Å². The Bertz CT molecular complexity index is 1150. The number of ether oxygens (including phenoxy) is 2. The van der Waals surface area contributed by atoms with Crippen LogP contribution in [0, 0.1) is 0 Å². The average Bonchev–Trinajstić information content (AvgIpc) is 2.74. The standard InChI is InChI=1S/C21H19ClN2O5S/c1-28-17-8-10-18(11-9-17)30(26,27)24-15-5-3-14(4-6-15)21(25)23-16-7-12-20(29-2)19(22)13-16/h3-13,24H,1-2H3,(H,23,25). The van der Waals surface area contributed by atoms with Gasteiger partial charge in [-0.05, 0) is 66.7 Å². The van der Waals surface area contributed by atoms with Crippen molar-refractivity contribution in [2.75, 3.05) is 24.3 Å². The van der Waals surface area contributed by atoms with Gasteiger partial charge in [0.2, 0.25) is 0 Å². The highest BCUT2D eigenvalue weighted by molar-refractivity contribution is 7.92. The summed E-state index contributed by atoms with van der Waals surface area (Å²) in [6.45, 7) is 0. The van der Waals surface area contributed by atoms with Crippen LogP contribution in [0.25, 0.3) is 0 Å². The first-order valence-corrected chi connectivity index (χ1v) is 10.6. The molecule has 0 aliphatic carbocycles. The van der Waals surface area contributed by atoms with Gasteiger partial charge in [0, 0.05) is 16.9 Å². The third-order valence-electron chi connectivity index (χ3n) is 4.18. The maximum absolute atomic E-state index is 12.5. The fraction of sp³-hybridized carbons (Fsp3) is 0.0952. The Kier molecular flexibility index (Phi) is 6.49. The molecular formula is C21H19ClN2O5S. The average molecular weight is 447 g/mol. The van der Waals surface area contributed by atoms with Gasteiger partial charge in [0.25, 0.3) is 15.9 Å². The van der Waals surface area contributed by atoms with E-state index in [0.29, 0.717) is 33.5 Å². The minimum absolute atomic E-state index is 0.0986. The number of benzene rings is 3. The Labute approximate surface area is 179 Å². The first-order chi connectivity index (χ1) is 14.3. The molecule has 0 saturated heterocycles. The number of hydrogen-bond acceptors (Lipinski definition) is 5. The van der Waals surface area contributed by atoms with E-state index < -0.39 is 10.0 Å². The summed E-state index contributed by atoms with van der Waals surface area (Å²) in [7, 11) is -0.757. The van der Waals surface area contributed by atoms with E-state index in [4.69, 9.17) is 21.1 Å². The number of rotatable bonds is 7. The van der Waals surface area contributed by atoms with Crippen molar-refractivity contribution in [3.63, 3.8) is 0 Å². The topological polar surface area (TPSA) is 93.7 Å². The van der Waals surface area contributed by atoms with E-state index >= 15 is 0 Å². The predicted octanol–water partition coefficient (Wildman–Crippen LogP) is 4.41. The lowest BCUT2D eigenvalue weighted by molar-refractivity contribution is 0.102. The van der Waals surface area contributed by atoms with E-state index in [1.165, 1.54) is 50.6 Å². The minimum atomic E-state index is -3.76. The number of methoxy groups -OCH3 is 2. The molecule has 0 heterocycles. The third kappa shape index (κ3) is 5.03. The normalized spacial score (nSPS) is 10.9. The quantitative estimate of drug-likeness (QED) is 0.560. The highest BCUT2D eigenvalue weighted by atomic mass is 35.5. The van der Waals surface area contributed by atoms with E-state index in [1.807, 2.05) is 0 Å². The molecule has 0 aliphatic rings. The minimum Gasteiger partial charge on any atom is -0.497 e.